The van der Waals surface area contributed by atoms with Crippen LogP contribution in [0.5, 0.6) is 5.75 Å². The van der Waals surface area contributed by atoms with Gasteiger partial charge in [-0.15, -0.1) is 0 Å². The molecule has 0 spiro atoms. The molecule has 0 saturated carbocycles. The number of halogens is 1. The summed E-state index contributed by atoms with van der Waals surface area (Å²) in [6.07, 6.45) is 0. The van der Waals surface area contributed by atoms with Crippen LogP contribution in [0.3, 0.4) is 0 Å². The van der Waals surface area contributed by atoms with Gasteiger partial charge in [-0.3, -0.25) is 0 Å². The van der Waals surface area contributed by atoms with E-state index in [1.807, 2.05) is 0 Å². The number of hydrogen-bond donors (Lipinski definition) is 0. The third-order valence-electron chi connectivity index (χ3n) is 2.92. The molecule has 124 valence electrons. The van der Waals surface area contributed by atoms with Crippen LogP contribution in [0.1, 0.15) is 22.8 Å². The van der Waals surface area contributed by atoms with Crippen LogP contribution in [0.15, 0.2) is 47.4 Å². The molecule has 24 heavy (non-hydrogen) atoms. The zero-order chi connectivity index (χ0) is 17.7. The van der Waals surface area contributed by atoms with Gasteiger partial charge in [0.1, 0.15) is 16.7 Å². The molecule has 0 saturated heterocycles. The molecular formula is C16H12ClNO5S. The van der Waals surface area contributed by atoms with Gasteiger partial charge >= 0.3 is 16.1 Å². The maximum atomic E-state index is 12.2. The Labute approximate surface area is 144 Å². The number of benzene rings is 2. The van der Waals surface area contributed by atoms with Crippen LogP contribution in [0.25, 0.3) is 0 Å². The lowest BCUT2D eigenvalue weighted by atomic mass is 10.2. The molecule has 0 fully saturated rings. The predicted molar refractivity (Wildman–Crippen MR) is 86.4 cm³/mol. The van der Waals surface area contributed by atoms with E-state index in [0.717, 1.165) is 6.07 Å². The maximum absolute atomic E-state index is 12.2. The molecule has 0 unspecified atom stereocenters. The third kappa shape index (κ3) is 4.04. The highest BCUT2D eigenvalue weighted by Crippen LogP contribution is 2.23. The van der Waals surface area contributed by atoms with Crippen molar-refractivity contribution in [3.05, 3.63) is 58.6 Å². The molecule has 0 aliphatic carbocycles. The number of rotatable bonds is 5. The van der Waals surface area contributed by atoms with Gasteiger partial charge in [-0.1, -0.05) is 11.6 Å². The maximum Gasteiger partial charge on any atom is 0.339 e. The standard InChI is InChI=1S/C16H12ClNO5S/c1-2-22-16(19)11-3-5-13(6-4-11)23-24(20,21)14-7-8-15(17)12(9-14)10-18/h3-9H,2H2,1H3. The fourth-order valence-corrected chi connectivity index (χ4v) is 2.90. The molecule has 2 aromatic carbocycles. The van der Waals surface area contributed by atoms with Crippen molar-refractivity contribution < 1.29 is 22.1 Å². The zero-order valence-electron chi connectivity index (χ0n) is 12.5. The molecule has 0 amide bonds. The molecule has 0 N–H and O–H groups in total. The molecule has 0 heterocycles. The summed E-state index contributed by atoms with van der Waals surface area (Å²) in [5.74, 6) is -0.486. The predicted octanol–water partition coefficient (Wildman–Crippen LogP) is 3.16. The van der Waals surface area contributed by atoms with Crippen LogP contribution < -0.4 is 4.18 Å². The van der Waals surface area contributed by atoms with Crippen molar-refractivity contribution in [2.75, 3.05) is 6.61 Å². The number of nitriles is 1. The third-order valence-corrected chi connectivity index (χ3v) is 4.49. The fraction of sp³-hybridized carbons (Fsp3) is 0.125. The average Bonchev–Trinajstić information content (AvgIpc) is 2.55. The fourth-order valence-electron chi connectivity index (χ4n) is 1.78. The Morgan fingerprint density at radius 2 is 1.88 bits per heavy atom. The summed E-state index contributed by atoms with van der Waals surface area (Å²) >= 11 is 5.78. The van der Waals surface area contributed by atoms with Gasteiger partial charge in [-0.2, -0.15) is 13.7 Å². The first-order valence-corrected chi connectivity index (χ1v) is 8.57. The van der Waals surface area contributed by atoms with E-state index in [9.17, 15) is 13.2 Å². The lowest BCUT2D eigenvalue weighted by Gasteiger charge is -2.08. The van der Waals surface area contributed by atoms with Crippen molar-refractivity contribution in [2.24, 2.45) is 0 Å². The van der Waals surface area contributed by atoms with Crippen molar-refractivity contribution in [1.82, 2.24) is 0 Å². The lowest BCUT2D eigenvalue weighted by molar-refractivity contribution is 0.0526. The molecule has 0 bridgehead atoms. The van der Waals surface area contributed by atoms with Gasteiger partial charge in [0.05, 0.1) is 22.8 Å². The molecule has 0 aliphatic heterocycles. The summed E-state index contributed by atoms with van der Waals surface area (Å²) in [7, 11) is -4.13. The number of nitrogens with zero attached hydrogens (tertiary/aromatic N) is 1. The number of carbonyl (C=O) groups is 1. The Balaban J connectivity index is 2.23. The van der Waals surface area contributed by atoms with Gasteiger partial charge in [-0.05, 0) is 49.4 Å². The second-order valence-electron chi connectivity index (χ2n) is 4.54. The van der Waals surface area contributed by atoms with Gasteiger partial charge in [0.15, 0.2) is 0 Å². The Bertz CT molecular complexity index is 901. The monoisotopic (exact) mass is 365 g/mol. The van der Waals surface area contributed by atoms with Gasteiger partial charge in [0.25, 0.3) is 0 Å². The van der Waals surface area contributed by atoms with E-state index in [1.54, 1.807) is 13.0 Å². The van der Waals surface area contributed by atoms with E-state index in [-0.39, 0.29) is 33.4 Å². The van der Waals surface area contributed by atoms with Crippen LogP contribution in [0, 0.1) is 11.3 Å². The Morgan fingerprint density at radius 3 is 2.46 bits per heavy atom. The highest BCUT2D eigenvalue weighted by molar-refractivity contribution is 7.87. The summed E-state index contributed by atoms with van der Waals surface area (Å²) in [4.78, 5) is 11.3. The molecule has 0 radical (unpaired) electrons. The molecule has 8 heteroatoms. The lowest BCUT2D eigenvalue weighted by Crippen LogP contribution is -2.10. The largest absolute Gasteiger partial charge is 0.462 e. The number of hydrogen-bond acceptors (Lipinski definition) is 6. The number of esters is 1. The Morgan fingerprint density at radius 1 is 1.21 bits per heavy atom. The summed E-state index contributed by atoms with van der Waals surface area (Å²) in [5, 5.41) is 9.06. The van der Waals surface area contributed by atoms with Crippen LogP contribution in [-0.2, 0) is 14.9 Å². The molecule has 6 nitrogen and oxygen atoms in total. The van der Waals surface area contributed by atoms with E-state index in [4.69, 9.17) is 25.8 Å². The van der Waals surface area contributed by atoms with Gasteiger partial charge in [-0.25, -0.2) is 4.79 Å². The summed E-state index contributed by atoms with van der Waals surface area (Å²) in [6.45, 7) is 1.92. The van der Waals surface area contributed by atoms with Gasteiger partial charge in [0.2, 0.25) is 0 Å². The van der Waals surface area contributed by atoms with E-state index in [2.05, 4.69) is 0 Å². The van der Waals surface area contributed by atoms with Crippen LogP contribution in [0.4, 0.5) is 0 Å². The van der Waals surface area contributed by atoms with Crippen molar-refractivity contribution in [2.45, 2.75) is 11.8 Å². The minimum Gasteiger partial charge on any atom is -0.462 e. The molecule has 0 atom stereocenters. The summed E-state index contributed by atoms with van der Waals surface area (Å²) < 4.78 is 34.3. The highest BCUT2D eigenvalue weighted by Gasteiger charge is 2.18. The van der Waals surface area contributed by atoms with Crippen molar-refractivity contribution >= 4 is 27.7 Å². The SMILES string of the molecule is CCOC(=O)c1ccc(OS(=O)(=O)c2ccc(Cl)c(C#N)c2)cc1. The molecule has 2 aromatic rings. The van der Waals surface area contributed by atoms with Crippen LogP contribution >= 0.6 is 11.6 Å². The summed E-state index contributed by atoms with van der Waals surface area (Å²) in [5.41, 5.74) is 0.304. The molecule has 0 aromatic heterocycles. The molecule has 0 aliphatic rings. The van der Waals surface area contributed by atoms with E-state index < -0.39 is 16.1 Å². The minimum absolute atomic E-state index is 0.0245. The second-order valence-corrected chi connectivity index (χ2v) is 6.49. The minimum atomic E-state index is -4.13. The molecular weight excluding hydrogens is 354 g/mol. The van der Waals surface area contributed by atoms with Gasteiger partial charge in [0, 0.05) is 0 Å². The van der Waals surface area contributed by atoms with Crippen molar-refractivity contribution in [1.29, 1.82) is 5.26 Å². The van der Waals surface area contributed by atoms with E-state index in [1.165, 1.54) is 36.4 Å². The molecule has 2 rings (SSSR count). The van der Waals surface area contributed by atoms with Crippen LogP contribution in [-0.4, -0.2) is 21.0 Å². The quantitative estimate of drug-likeness (QED) is 0.596. The Kier molecular flexibility index (Phi) is 5.44. The van der Waals surface area contributed by atoms with Crippen molar-refractivity contribution in [3.63, 3.8) is 0 Å². The number of ether oxygens (including phenoxy) is 1. The zero-order valence-corrected chi connectivity index (χ0v) is 14.1. The van der Waals surface area contributed by atoms with E-state index >= 15 is 0 Å². The number of carbonyl (C=O) groups excluding carboxylic acids is 1. The average molecular weight is 366 g/mol. The normalized spacial score (nSPS) is 10.7. The van der Waals surface area contributed by atoms with Crippen LogP contribution in [0.2, 0.25) is 5.02 Å². The van der Waals surface area contributed by atoms with Crippen molar-refractivity contribution in [3.8, 4) is 11.8 Å². The first-order chi connectivity index (χ1) is 11.4. The van der Waals surface area contributed by atoms with E-state index in [0.29, 0.717) is 0 Å². The van der Waals surface area contributed by atoms with Gasteiger partial charge < -0.3 is 8.92 Å². The first kappa shape index (κ1) is 17.8. The smallest absolute Gasteiger partial charge is 0.339 e. The Hall–Kier alpha value is -2.56. The highest BCUT2D eigenvalue weighted by atomic mass is 35.5. The summed E-state index contributed by atoms with van der Waals surface area (Å²) in [6, 6.07) is 10.9. The first-order valence-electron chi connectivity index (χ1n) is 6.78. The topological polar surface area (TPSA) is 93.5 Å². The second kappa shape index (κ2) is 7.34.